The average molecular weight is 442 g/mol. The highest BCUT2D eigenvalue weighted by Gasteiger charge is 2.13. The summed E-state index contributed by atoms with van der Waals surface area (Å²) in [6, 6.07) is 15.3. The number of thioether (sulfide) groups is 2. The van der Waals surface area contributed by atoms with Crippen LogP contribution in [0.3, 0.4) is 0 Å². The van der Waals surface area contributed by atoms with E-state index in [1.807, 2.05) is 54.8 Å². The van der Waals surface area contributed by atoms with Crippen molar-refractivity contribution < 1.29 is 9.53 Å². The van der Waals surface area contributed by atoms with E-state index in [1.165, 1.54) is 11.8 Å². The number of nitrogens with zero attached hydrogens (tertiary/aromatic N) is 1. The molecule has 30 heavy (non-hydrogen) atoms. The summed E-state index contributed by atoms with van der Waals surface area (Å²) in [6.07, 6.45) is 1.95. The second-order valence-corrected chi connectivity index (χ2v) is 8.38. The van der Waals surface area contributed by atoms with Gasteiger partial charge in [0.2, 0.25) is 5.91 Å². The second-order valence-electron chi connectivity index (χ2n) is 6.53. The van der Waals surface area contributed by atoms with Crippen LogP contribution in [-0.2, 0) is 17.0 Å². The first-order chi connectivity index (χ1) is 14.5. The van der Waals surface area contributed by atoms with Crippen molar-refractivity contribution >= 4 is 35.1 Å². The Morgan fingerprint density at radius 2 is 2.00 bits per heavy atom. The highest BCUT2D eigenvalue weighted by Crippen LogP contribution is 2.22. The molecule has 0 aliphatic rings. The van der Waals surface area contributed by atoms with E-state index in [9.17, 15) is 9.59 Å². The molecule has 1 aromatic heterocycles. The Morgan fingerprint density at radius 1 is 1.20 bits per heavy atom. The van der Waals surface area contributed by atoms with Crippen molar-refractivity contribution in [3.63, 3.8) is 0 Å². The molecule has 0 radical (unpaired) electrons. The Hall–Kier alpha value is -2.71. The third kappa shape index (κ3) is 5.90. The summed E-state index contributed by atoms with van der Waals surface area (Å²) < 4.78 is 5.23. The molecule has 0 unspecified atom stereocenters. The summed E-state index contributed by atoms with van der Waals surface area (Å²) in [5.74, 6) is 1.18. The molecule has 0 spiro atoms. The minimum Gasteiger partial charge on any atom is -0.497 e. The minimum absolute atomic E-state index is 0.0293. The fourth-order valence-corrected chi connectivity index (χ4v) is 4.15. The molecule has 0 bridgehead atoms. The van der Waals surface area contributed by atoms with Crippen molar-refractivity contribution in [2.24, 2.45) is 0 Å². The van der Waals surface area contributed by atoms with E-state index in [-0.39, 0.29) is 17.9 Å². The van der Waals surface area contributed by atoms with Crippen molar-refractivity contribution in [3.8, 4) is 5.75 Å². The summed E-state index contributed by atoms with van der Waals surface area (Å²) in [6.45, 7) is 1.75. The van der Waals surface area contributed by atoms with Crippen molar-refractivity contribution in [1.82, 2.24) is 9.97 Å². The van der Waals surface area contributed by atoms with Gasteiger partial charge in [0.15, 0.2) is 5.16 Å². The third-order valence-corrected chi connectivity index (χ3v) is 6.07. The number of anilines is 1. The topological polar surface area (TPSA) is 84.1 Å². The summed E-state index contributed by atoms with van der Waals surface area (Å²) in [4.78, 5) is 33.3. The Labute approximate surface area is 183 Å². The van der Waals surface area contributed by atoms with Gasteiger partial charge in [-0.2, -0.15) is 0 Å². The standard InChI is InChI=1S/C22H23N3O3S2/c1-14-19(12-20(26)24-16-7-5-9-18(11-16)29-3)21(27)25-22(23-14)30-13-15-6-4-8-17(10-15)28-2/h4-11H,12-13H2,1-3H3,(H,24,26)(H,23,25,27). The largest absolute Gasteiger partial charge is 0.497 e. The number of amides is 1. The number of hydrogen-bond acceptors (Lipinski definition) is 6. The number of carbonyl (C=O) groups excluding carboxylic acids is 1. The number of methoxy groups -OCH3 is 1. The van der Waals surface area contributed by atoms with Crippen LogP contribution in [0.5, 0.6) is 5.75 Å². The molecule has 2 aromatic carbocycles. The first-order valence-corrected chi connectivity index (χ1v) is 11.5. The molecule has 0 atom stereocenters. The number of rotatable bonds is 8. The van der Waals surface area contributed by atoms with Crippen LogP contribution in [0.1, 0.15) is 16.8 Å². The molecule has 0 aliphatic heterocycles. The number of H-pyrrole nitrogens is 1. The van der Waals surface area contributed by atoms with Gasteiger partial charge in [-0.05, 0) is 49.1 Å². The van der Waals surface area contributed by atoms with Gasteiger partial charge in [0.25, 0.3) is 5.56 Å². The summed E-state index contributed by atoms with van der Waals surface area (Å²) in [5, 5.41) is 3.37. The van der Waals surface area contributed by atoms with E-state index < -0.39 is 0 Å². The third-order valence-electron chi connectivity index (χ3n) is 4.40. The zero-order valence-electron chi connectivity index (χ0n) is 17.0. The molecule has 156 valence electrons. The molecular formula is C22H23N3O3S2. The monoisotopic (exact) mass is 441 g/mol. The average Bonchev–Trinajstić information content (AvgIpc) is 2.75. The van der Waals surface area contributed by atoms with Crippen molar-refractivity contribution in [2.75, 3.05) is 18.7 Å². The van der Waals surface area contributed by atoms with Crippen molar-refractivity contribution in [3.05, 3.63) is 75.7 Å². The molecule has 6 nitrogen and oxygen atoms in total. The van der Waals surface area contributed by atoms with Crippen LogP contribution in [0.25, 0.3) is 0 Å². The van der Waals surface area contributed by atoms with Gasteiger partial charge in [-0.15, -0.1) is 11.8 Å². The molecule has 3 rings (SSSR count). The number of aromatic amines is 1. The van der Waals surface area contributed by atoms with Crippen LogP contribution < -0.4 is 15.6 Å². The lowest BCUT2D eigenvalue weighted by Crippen LogP contribution is -2.23. The van der Waals surface area contributed by atoms with Gasteiger partial charge < -0.3 is 15.0 Å². The fraction of sp³-hybridized carbons (Fsp3) is 0.227. The predicted octanol–water partition coefficient (Wildman–Crippen LogP) is 4.28. The molecule has 3 aromatic rings. The quantitative estimate of drug-likeness (QED) is 0.401. The van der Waals surface area contributed by atoms with Gasteiger partial charge in [0, 0.05) is 27.6 Å². The first kappa shape index (κ1) is 22.0. The Balaban J connectivity index is 1.66. The predicted molar refractivity (Wildman–Crippen MR) is 123 cm³/mol. The highest BCUT2D eigenvalue weighted by molar-refractivity contribution is 7.98. The maximum absolute atomic E-state index is 12.5. The molecule has 2 N–H and O–H groups in total. The Bertz CT molecular complexity index is 1100. The van der Waals surface area contributed by atoms with Crippen LogP contribution in [0, 0.1) is 6.92 Å². The van der Waals surface area contributed by atoms with E-state index in [1.54, 1.807) is 25.8 Å². The van der Waals surface area contributed by atoms with E-state index in [4.69, 9.17) is 4.74 Å². The summed E-state index contributed by atoms with van der Waals surface area (Å²) >= 11 is 3.03. The Morgan fingerprint density at radius 3 is 2.73 bits per heavy atom. The number of aromatic nitrogens is 2. The van der Waals surface area contributed by atoms with Gasteiger partial charge >= 0.3 is 0 Å². The smallest absolute Gasteiger partial charge is 0.255 e. The molecule has 1 amide bonds. The zero-order valence-corrected chi connectivity index (χ0v) is 18.7. The molecule has 8 heteroatoms. The summed E-state index contributed by atoms with van der Waals surface area (Å²) in [7, 11) is 1.63. The Kier molecular flexibility index (Phi) is 7.59. The maximum atomic E-state index is 12.5. The number of carbonyl (C=O) groups is 1. The van der Waals surface area contributed by atoms with Gasteiger partial charge in [0.05, 0.1) is 13.5 Å². The lowest BCUT2D eigenvalue weighted by Gasteiger charge is -2.09. The maximum Gasteiger partial charge on any atom is 0.255 e. The van der Waals surface area contributed by atoms with E-state index >= 15 is 0 Å². The van der Waals surface area contributed by atoms with E-state index in [0.29, 0.717) is 27.9 Å². The molecule has 0 saturated heterocycles. The molecule has 0 saturated carbocycles. The molecule has 0 fully saturated rings. The van der Waals surface area contributed by atoms with Crippen LogP contribution in [0.4, 0.5) is 5.69 Å². The SMILES string of the molecule is COc1cccc(CSc2nc(C)c(CC(=O)Nc3cccc(SC)c3)c(=O)[nH]2)c1. The van der Waals surface area contributed by atoms with Crippen LogP contribution in [0.15, 0.2) is 63.4 Å². The number of benzene rings is 2. The van der Waals surface area contributed by atoms with Gasteiger partial charge in [-0.1, -0.05) is 30.0 Å². The van der Waals surface area contributed by atoms with Gasteiger partial charge in [-0.3, -0.25) is 9.59 Å². The molecular weight excluding hydrogens is 418 g/mol. The van der Waals surface area contributed by atoms with Crippen molar-refractivity contribution in [1.29, 1.82) is 0 Å². The molecule has 0 aliphatic carbocycles. The lowest BCUT2D eigenvalue weighted by atomic mass is 10.1. The van der Waals surface area contributed by atoms with Crippen LogP contribution in [-0.4, -0.2) is 29.2 Å². The van der Waals surface area contributed by atoms with Crippen molar-refractivity contribution in [2.45, 2.75) is 29.1 Å². The first-order valence-electron chi connectivity index (χ1n) is 9.28. The minimum atomic E-state index is -0.288. The van der Waals surface area contributed by atoms with E-state index in [2.05, 4.69) is 15.3 Å². The van der Waals surface area contributed by atoms with E-state index in [0.717, 1.165) is 16.2 Å². The lowest BCUT2D eigenvalue weighted by molar-refractivity contribution is -0.115. The van der Waals surface area contributed by atoms with Crippen LogP contribution >= 0.6 is 23.5 Å². The van der Waals surface area contributed by atoms with Crippen LogP contribution in [0.2, 0.25) is 0 Å². The zero-order chi connectivity index (χ0) is 21.5. The number of ether oxygens (including phenoxy) is 1. The second kappa shape index (κ2) is 10.4. The number of nitrogens with one attached hydrogen (secondary N) is 2. The molecule has 1 heterocycles. The van der Waals surface area contributed by atoms with Gasteiger partial charge in [-0.25, -0.2) is 4.98 Å². The highest BCUT2D eigenvalue weighted by atomic mass is 32.2. The fourth-order valence-electron chi connectivity index (χ4n) is 2.84. The van der Waals surface area contributed by atoms with Gasteiger partial charge in [0.1, 0.15) is 5.75 Å². The number of aryl methyl sites for hydroxylation is 1. The summed E-state index contributed by atoms with van der Waals surface area (Å²) in [5.41, 5.74) is 2.41. The normalized spacial score (nSPS) is 10.6. The number of hydrogen-bond donors (Lipinski definition) is 2.